The smallest absolute Gasteiger partial charge is 0.326 e. The maximum absolute atomic E-state index is 13.0. The van der Waals surface area contributed by atoms with E-state index in [0.717, 1.165) is 12.3 Å². The molecule has 1 fully saturated rings. The first kappa shape index (κ1) is 12.5. The summed E-state index contributed by atoms with van der Waals surface area (Å²) in [6.07, 6.45) is 2.87. The number of carboxylic acids is 1. The van der Waals surface area contributed by atoms with Crippen LogP contribution in [0.1, 0.15) is 23.7 Å². The van der Waals surface area contributed by atoms with Crippen LogP contribution in [0.15, 0.2) is 18.5 Å². The molecule has 6 heteroatoms. The van der Waals surface area contributed by atoms with Crippen LogP contribution in [0.5, 0.6) is 0 Å². The van der Waals surface area contributed by atoms with E-state index in [1.807, 2.05) is 0 Å². The molecule has 1 saturated heterocycles. The highest BCUT2D eigenvalue weighted by molar-refractivity contribution is 5.96. The van der Waals surface area contributed by atoms with Crippen molar-refractivity contribution in [2.45, 2.75) is 19.4 Å². The molecule has 0 aliphatic carbocycles. The first-order chi connectivity index (χ1) is 8.50. The predicted octanol–water partition coefficient (Wildman–Crippen LogP) is 1.16. The minimum Gasteiger partial charge on any atom is -0.480 e. The highest BCUT2D eigenvalue weighted by Gasteiger charge is 2.39. The van der Waals surface area contributed by atoms with E-state index in [0.29, 0.717) is 13.0 Å². The van der Waals surface area contributed by atoms with Gasteiger partial charge in [-0.15, -0.1) is 0 Å². The molecular weight excluding hydrogens is 239 g/mol. The van der Waals surface area contributed by atoms with Crippen molar-refractivity contribution in [3.05, 3.63) is 29.8 Å². The molecule has 1 aliphatic rings. The van der Waals surface area contributed by atoms with Gasteiger partial charge in [0.25, 0.3) is 5.91 Å². The van der Waals surface area contributed by atoms with E-state index in [9.17, 15) is 14.0 Å². The molecule has 2 unspecified atom stereocenters. The molecule has 1 amide bonds. The molecule has 1 aliphatic heterocycles. The average molecular weight is 252 g/mol. The number of hydrogen-bond donors (Lipinski definition) is 1. The topological polar surface area (TPSA) is 70.5 Å². The predicted molar refractivity (Wildman–Crippen MR) is 60.4 cm³/mol. The van der Waals surface area contributed by atoms with Crippen LogP contribution < -0.4 is 0 Å². The Bertz CT molecular complexity index is 492. The lowest BCUT2D eigenvalue weighted by Crippen LogP contribution is -2.42. The van der Waals surface area contributed by atoms with Gasteiger partial charge in [0.2, 0.25) is 0 Å². The van der Waals surface area contributed by atoms with E-state index in [4.69, 9.17) is 5.11 Å². The molecule has 0 spiro atoms. The van der Waals surface area contributed by atoms with Crippen LogP contribution >= 0.6 is 0 Å². The van der Waals surface area contributed by atoms with Crippen molar-refractivity contribution >= 4 is 11.9 Å². The van der Waals surface area contributed by atoms with Crippen LogP contribution in [-0.2, 0) is 4.79 Å². The summed E-state index contributed by atoms with van der Waals surface area (Å²) in [7, 11) is 0. The second-order valence-corrected chi connectivity index (χ2v) is 4.44. The summed E-state index contributed by atoms with van der Waals surface area (Å²) in [5.41, 5.74) is 0.0790. The number of likely N-dealkylation sites (tertiary alicyclic amines) is 1. The van der Waals surface area contributed by atoms with Crippen molar-refractivity contribution in [3.63, 3.8) is 0 Å². The number of carboxylic acid groups (broad SMARTS) is 1. The average Bonchev–Trinajstić information content (AvgIpc) is 2.70. The molecular formula is C12H13FN2O3. The lowest BCUT2D eigenvalue weighted by Gasteiger charge is -2.23. The molecule has 1 aromatic rings. The molecule has 2 heterocycles. The number of aliphatic carboxylic acids is 1. The highest BCUT2D eigenvalue weighted by atomic mass is 19.1. The van der Waals surface area contributed by atoms with Crippen LogP contribution in [-0.4, -0.2) is 39.5 Å². The Kier molecular flexibility index (Phi) is 3.27. The Morgan fingerprint density at radius 3 is 2.83 bits per heavy atom. The number of nitrogens with zero attached hydrogens (tertiary/aromatic N) is 2. The number of carbonyl (C=O) groups is 2. The number of pyridine rings is 1. The minimum atomic E-state index is -1.03. The first-order valence-electron chi connectivity index (χ1n) is 5.65. The summed E-state index contributed by atoms with van der Waals surface area (Å²) < 4.78 is 13.0. The van der Waals surface area contributed by atoms with Crippen molar-refractivity contribution in [2.75, 3.05) is 6.54 Å². The maximum atomic E-state index is 13.0. The van der Waals surface area contributed by atoms with Gasteiger partial charge in [0.15, 0.2) is 0 Å². The normalized spacial score (nSPS) is 23.1. The molecule has 5 nitrogen and oxygen atoms in total. The van der Waals surface area contributed by atoms with Crippen LogP contribution in [0, 0.1) is 11.7 Å². The van der Waals surface area contributed by atoms with Crippen molar-refractivity contribution in [1.82, 2.24) is 9.88 Å². The van der Waals surface area contributed by atoms with E-state index in [-0.39, 0.29) is 11.5 Å². The Morgan fingerprint density at radius 2 is 2.22 bits per heavy atom. The Balaban J connectivity index is 2.26. The number of hydrogen-bond acceptors (Lipinski definition) is 3. The van der Waals surface area contributed by atoms with E-state index < -0.39 is 23.7 Å². The summed E-state index contributed by atoms with van der Waals surface area (Å²) in [4.78, 5) is 28.1. The fourth-order valence-corrected chi connectivity index (χ4v) is 2.25. The summed E-state index contributed by atoms with van der Waals surface area (Å²) in [6.45, 7) is 2.16. The number of carbonyl (C=O) groups excluding carboxylic acids is 1. The van der Waals surface area contributed by atoms with Gasteiger partial charge in [-0.25, -0.2) is 9.18 Å². The van der Waals surface area contributed by atoms with Crippen LogP contribution in [0.2, 0.25) is 0 Å². The van der Waals surface area contributed by atoms with E-state index in [2.05, 4.69) is 4.98 Å². The standard InChI is InChI=1S/C12H13FN2O3/c1-7-2-3-15(10(7)12(17)18)11(16)8-4-9(13)6-14-5-8/h4-7,10H,2-3H2,1H3,(H,17,18). The zero-order valence-corrected chi connectivity index (χ0v) is 9.84. The van der Waals surface area contributed by atoms with E-state index in [1.54, 1.807) is 6.92 Å². The molecule has 2 atom stereocenters. The molecule has 0 aromatic carbocycles. The van der Waals surface area contributed by atoms with E-state index >= 15 is 0 Å². The Hall–Kier alpha value is -1.98. The molecule has 1 aromatic heterocycles. The fraction of sp³-hybridized carbons (Fsp3) is 0.417. The fourth-order valence-electron chi connectivity index (χ4n) is 2.25. The SMILES string of the molecule is CC1CCN(C(=O)c2cncc(F)c2)C1C(=O)O. The van der Waals surface area contributed by atoms with Crippen molar-refractivity contribution in [2.24, 2.45) is 5.92 Å². The van der Waals surface area contributed by atoms with Crippen LogP contribution in [0.25, 0.3) is 0 Å². The van der Waals surface area contributed by atoms with Gasteiger partial charge in [0, 0.05) is 12.7 Å². The van der Waals surface area contributed by atoms with Gasteiger partial charge in [0.05, 0.1) is 11.8 Å². The van der Waals surface area contributed by atoms with Gasteiger partial charge in [0.1, 0.15) is 11.9 Å². The third-order valence-electron chi connectivity index (χ3n) is 3.17. The summed E-state index contributed by atoms with van der Waals surface area (Å²) in [6, 6.07) is 0.220. The molecule has 0 bridgehead atoms. The van der Waals surface area contributed by atoms with Crippen LogP contribution in [0.3, 0.4) is 0 Å². The third-order valence-corrected chi connectivity index (χ3v) is 3.17. The van der Waals surface area contributed by atoms with Gasteiger partial charge >= 0.3 is 5.97 Å². The second kappa shape index (κ2) is 4.72. The number of rotatable bonds is 2. The van der Waals surface area contributed by atoms with Gasteiger partial charge in [-0.05, 0) is 18.4 Å². The summed E-state index contributed by atoms with van der Waals surface area (Å²) in [5, 5.41) is 9.12. The van der Waals surface area contributed by atoms with Gasteiger partial charge in [-0.2, -0.15) is 0 Å². The maximum Gasteiger partial charge on any atom is 0.326 e. The molecule has 2 rings (SSSR count). The molecule has 18 heavy (non-hydrogen) atoms. The Labute approximate surface area is 103 Å². The summed E-state index contributed by atoms with van der Waals surface area (Å²) >= 11 is 0. The van der Waals surface area contributed by atoms with Gasteiger partial charge in [-0.3, -0.25) is 9.78 Å². The van der Waals surface area contributed by atoms with Crippen molar-refractivity contribution in [1.29, 1.82) is 0 Å². The molecule has 1 N–H and O–H groups in total. The second-order valence-electron chi connectivity index (χ2n) is 4.44. The quantitative estimate of drug-likeness (QED) is 0.857. The first-order valence-corrected chi connectivity index (χ1v) is 5.65. The largest absolute Gasteiger partial charge is 0.480 e. The molecule has 96 valence electrons. The molecule has 0 radical (unpaired) electrons. The lowest BCUT2D eigenvalue weighted by atomic mass is 10.0. The van der Waals surface area contributed by atoms with Crippen molar-refractivity contribution in [3.8, 4) is 0 Å². The Morgan fingerprint density at radius 1 is 1.50 bits per heavy atom. The third kappa shape index (κ3) is 2.18. The summed E-state index contributed by atoms with van der Waals surface area (Å²) in [5.74, 6) is -2.23. The van der Waals surface area contributed by atoms with Gasteiger partial charge in [-0.1, -0.05) is 6.92 Å². The molecule has 0 saturated carbocycles. The minimum absolute atomic E-state index is 0.0790. The zero-order chi connectivity index (χ0) is 13.3. The zero-order valence-electron chi connectivity index (χ0n) is 9.84. The lowest BCUT2D eigenvalue weighted by molar-refractivity contribution is -0.142. The highest BCUT2D eigenvalue weighted by Crippen LogP contribution is 2.25. The van der Waals surface area contributed by atoms with E-state index in [1.165, 1.54) is 11.1 Å². The van der Waals surface area contributed by atoms with Crippen LogP contribution in [0.4, 0.5) is 4.39 Å². The number of amides is 1. The number of halogens is 1. The van der Waals surface area contributed by atoms with Gasteiger partial charge < -0.3 is 10.0 Å². The monoisotopic (exact) mass is 252 g/mol. The van der Waals surface area contributed by atoms with Crippen molar-refractivity contribution < 1.29 is 19.1 Å². The number of aromatic nitrogens is 1.